The summed E-state index contributed by atoms with van der Waals surface area (Å²) < 4.78 is 11.1. The minimum absolute atomic E-state index is 0.161. The Morgan fingerprint density at radius 1 is 1.27 bits per heavy atom. The lowest BCUT2D eigenvalue weighted by molar-refractivity contribution is -0.130. The van der Waals surface area contributed by atoms with Gasteiger partial charge in [0.1, 0.15) is 25.3 Å². The Bertz CT molecular complexity index is 709. The van der Waals surface area contributed by atoms with Gasteiger partial charge in [-0.3, -0.25) is 9.80 Å². The summed E-state index contributed by atoms with van der Waals surface area (Å²) in [6.45, 7) is 1.51. The summed E-state index contributed by atoms with van der Waals surface area (Å²) in [4.78, 5) is 12.2. The van der Waals surface area contributed by atoms with Crippen LogP contribution in [0.25, 0.3) is 5.70 Å². The van der Waals surface area contributed by atoms with Gasteiger partial charge in [-0.15, -0.1) is 0 Å². The van der Waals surface area contributed by atoms with Gasteiger partial charge in [-0.25, -0.2) is 5.43 Å². The van der Waals surface area contributed by atoms with E-state index in [-0.39, 0.29) is 18.0 Å². The van der Waals surface area contributed by atoms with Crippen LogP contribution in [-0.2, 0) is 4.79 Å². The number of fused-ring (bicyclic) bond motifs is 2. The third kappa shape index (κ3) is 1.96. The minimum Gasteiger partial charge on any atom is -0.486 e. The topological polar surface area (TPSA) is 86.6 Å². The highest BCUT2D eigenvalue weighted by Crippen LogP contribution is 2.33. The highest BCUT2D eigenvalue weighted by molar-refractivity contribution is 5.96. The van der Waals surface area contributed by atoms with Crippen LogP contribution in [0.5, 0.6) is 11.5 Å². The van der Waals surface area contributed by atoms with Crippen LogP contribution in [0.3, 0.4) is 0 Å². The average Bonchev–Trinajstić information content (AvgIpc) is 2.98. The molecule has 4 rings (SSSR count). The lowest BCUT2D eigenvalue weighted by Crippen LogP contribution is -2.52. The molecule has 0 bridgehead atoms. The van der Waals surface area contributed by atoms with Gasteiger partial charge in [0.2, 0.25) is 0 Å². The number of carbonyl (C=O) groups is 1. The Balaban J connectivity index is 1.67. The molecule has 1 aromatic rings. The normalized spacial score (nSPS) is 25.9. The molecule has 3 heterocycles. The van der Waals surface area contributed by atoms with Gasteiger partial charge in [-0.2, -0.15) is 5.26 Å². The summed E-state index contributed by atoms with van der Waals surface area (Å²) in [5.41, 5.74) is 4.46. The Hall–Kier alpha value is -2.72. The second kappa shape index (κ2) is 4.93. The van der Waals surface area contributed by atoms with Crippen molar-refractivity contribution in [2.45, 2.75) is 6.17 Å². The zero-order valence-corrected chi connectivity index (χ0v) is 11.7. The number of ether oxygens (including phenoxy) is 2. The third-order valence-corrected chi connectivity index (χ3v) is 3.97. The Morgan fingerprint density at radius 3 is 2.91 bits per heavy atom. The van der Waals surface area contributed by atoms with Crippen molar-refractivity contribution in [1.82, 2.24) is 15.8 Å². The Morgan fingerprint density at radius 2 is 2.09 bits per heavy atom. The van der Waals surface area contributed by atoms with Crippen molar-refractivity contribution < 1.29 is 14.3 Å². The summed E-state index contributed by atoms with van der Waals surface area (Å²) in [5, 5.41) is 13.9. The second-order valence-electron chi connectivity index (χ2n) is 5.31. The van der Waals surface area contributed by atoms with E-state index in [9.17, 15) is 10.1 Å². The predicted octanol–water partition coefficient (Wildman–Crippen LogP) is 0.215. The first-order valence-electron chi connectivity index (χ1n) is 7.11. The minimum atomic E-state index is -0.356. The quantitative estimate of drug-likeness (QED) is 0.771. The molecule has 1 amide bonds. The largest absolute Gasteiger partial charge is 0.486 e. The molecule has 1 saturated heterocycles. The molecule has 3 aliphatic heterocycles. The SMILES string of the molecule is N#CC1CNN2C(=O)C=C(c3ccc4c(c3)OCCO4)NC12. The lowest BCUT2D eigenvalue weighted by Gasteiger charge is -2.31. The Kier molecular flexibility index (Phi) is 2.91. The summed E-state index contributed by atoms with van der Waals surface area (Å²) >= 11 is 0. The number of hydrazine groups is 1. The van der Waals surface area contributed by atoms with Crippen LogP contribution in [0.4, 0.5) is 0 Å². The molecule has 0 aromatic heterocycles. The van der Waals surface area contributed by atoms with Gasteiger partial charge in [0, 0.05) is 23.9 Å². The number of nitrogens with zero attached hydrogens (tertiary/aromatic N) is 2. The van der Waals surface area contributed by atoms with E-state index in [1.54, 1.807) is 0 Å². The van der Waals surface area contributed by atoms with E-state index in [1.807, 2.05) is 18.2 Å². The number of amides is 1. The second-order valence-corrected chi connectivity index (χ2v) is 5.31. The fourth-order valence-corrected chi connectivity index (χ4v) is 2.85. The predicted molar refractivity (Wildman–Crippen MR) is 76.3 cm³/mol. The smallest absolute Gasteiger partial charge is 0.264 e. The van der Waals surface area contributed by atoms with Gasteiger partial charge in [-0.05, 0) is 18.2 Å². The molecule has 2 atom stereocenters. The van der Waals surface area contributed by atoms with Crippen molar-refractivity contribution in [3.63, 3.8) is 0 Å². The van der Waals surface area contributed by atoms with Gasteiger partial charge in [-0.1, -0.05) is 0 Å². The number of hydrogen-bond acceptors (Lipinski definition) is 6. The van der Waals surface area contributed by atoms with Gasteiger partial charge >= 0.3 is 0 Å². The van der Waals surface area contributed by atoms with Crippen molar-refractivity contribution in [2.75, 3.05) is 19.8 Å². The summed E-state index contributed by atoms with van der Waals surface area (Å²) in [5.74, 6) is 0.927. The fraction of sp³-hybridized carbons (Fsp3) is 0.333. The van der Waals surface area contributed by atoms with Crippen LogP contribution >= 0.6 is 0 Å². The molecule has 1 fully saturated rings. The van der Waals surface area contributed by atoms with Crippen molar-refractivity contribution in [1.29, 1.82) is 5.26 Å². The first-order chi connectivity index (χ1) is 10.8. The molecule has 22 heavy (non-hydrogen) atoms. The van der Waals surface area contributed by atoms with Crippen molar-refractivity contribution in [2.24, 2.45) is 5.92 Å². The van der Waals surface area contributed by atoms with E-state index >= 15 is 0 Å². The first-order valence-corrected chi connectivity index (χ1v) is 7.11. The molecule has 0 spiro atoms. The van der Waals surface area contributed by atoms with Gasteiger partial charge in [0.05, 0.1) is 6.07 Å². The number of hydrogen-bond donors (Lipinski definition) is 2. The molecule has 0 aliphatic carbocycles. The molecule has 1 aromatic carbocycles. The zero-order chi connectivity index (χ0) is 15.1. The lowest BCUT2D eigenvalue weighted by atomic mass is 10.0. The maximum absolute atomic E-state index is 12.2. The van der Waals surface area contributed by atoms with Crippen molar-refractivity contribution in [3.05, 3.63) is 29.8 Å². The molecule has 7 nitrogen and oxygen atoms in total. The van der Waals surface area contributed by atoms with Crippen LogP contribution in [0.2, 0.25) is 0 Å². The molecule has 3 aliphatic rings. The average molecular weight is 298 g/mol. The number of benzene rings is 1. The molecule has 2 unspecified atom stereocenters. The summed E-state index contributed by atoms with van der Waals surface area (Å²) in [6, 6.07) is 7.77. The number of rotatable bonds is 1. The molecule has 0 saturated carbocycles. The standard InChI is InChI=1S/C15H14N4O3/c16-7-10-8-17-19-14(20)6-11(18-15(10)19)9-1-2-12-13(5-9)22-4-3-21-12/h1-2,5-6,10,15,17-18H,3-4,8H2. The fourth-order valence-electron chi connectivity index (χ4n) is 2.85. The van der Waals surface area contributed by atoms with E-state index < -0.39 is 0 Å². The van der Waals surface area contributed by atoms with E-state index in [2.05, 4.69) is 16.8 Å². The molecule has 0 radical (unpaired) electrons. The summed E-state index contributed by atoms with van der Waals surface area (Å²) in [6.07, 6.45) is 1.17. The van der Waals surface area contributed by atoms with Gasteiger partial charge < -0.3 is 14.8 Å². The van der Waals surface area contributed by atoms with Crippen molar-refractivity contribution >= 4 is 11.6 Å². The van der Waals surface area contributed by atoms with Crippen LogP contribution in [0.15, 0.2) is 24.3 Å². The van der Waals surface area contributed by atoms with E-state index in [4.69, 9.17) is 9.47 Å². The highest BCUT2D eigenvalue weighted by Gasteiger charge is 2.40. The number of carbonyl (C=O) groups excluding carboxylic acids is 1. The van der Waals surface area contributed by atoms with Crippen LogP contribution in [0, 0.1) is 17.2 Å². The molecule has 7 heteroatoms. The maximum Gasteiger partial charge on any atom is 0.264 e. The van der Waals surface area contributed by atoms with Crippen molar-refractivity contribution in [3.8, 4) is 17.6 Å². The van der Waals surface area contributed by atoms with Crippen LogP contribution in [0.1, 0.15) is 5.56 Å². The van der Waals surface area contributed by atoms with Gasteiger partial charge in [0.15, 0.2) is 11.5 Å². The first kappa shape index (κ1) is 13.0. The summed E-state index contributed by atoms with van der Waals surface area (Å²) in [7, 11) is 0. The van der Waals surface area contributed by atoms with Gasteiger partial charge in [0.25, 0.3) is 5.91 Å². The maximum atomic E-state index is 12.2. The van der Waals surface area contributed by atoms with E-state index in [1.165, 1.54) is 11.1 Å². The van der Waals surface area contributed by atoms with E-state index in [0.717, 1.165) is 5.56 Å². The molecule has 112 valence electrons. The Labute approximate surface area is 127 Å². The van der Waals surface area contributed by atoms with E-state index in [0.29, 0.717) is 37.0 Å². The van der Waals surface area contributed by atoms with Crippen LogP contribution in [-0.4, -0.2) is 36.8 Å². The molecule has 2 N–H and O–H groups in total. The zero-order valence-electron chi connectivity index (χ0n) is 11.7. The van der Waals surface area contributed by atoms with Crippen LogP contribution < -0.4 is 20.2 Å². The third-order valence-electron chi connectivity index (χ3n) is 3.97. The number of nitrogens with one attached hydrogen (secondary N) is 2. The monoisotopic (exact) mass is 298 g/mol. The molecular formula is C15H14N4O3. The number of nitriles is 1. The highest BCUT2D eigenvalue weighted by atomic mass is 16.6. The molecular weight excluding hydrogens is 284 g/mol.